The van der Waals surface area contributed by atoms with Crippen LogP contribution in [-0.2, 0) is 9.53 Å². The SMILES string of the molecule is C=CC(C=C)C(=O)O.C=COCCCCCCCCCCCCCCCCCC. The van der Waals surface area contributed by atoms with Crippen LogP contribution in [0, 0.1) is 5.92 Å². The molecule has 0 aliphatic heterocycles. The normalized spacial score (nSPS) is 10.1. The van der Waals surface area contributed by atoms with Crippen LogP contribution in [0.25, 0.3) is 0 Å². The largest absolute Gasteiger partial charge is 0.502 e. The molecule has 1 N–H and O–H groups in total. The number of rotatable bonds is 21. The lowest BCUT2D eigenvalue weighted by atomic mass is 10.0. The molecular weight excluding hydrogens is 360 g/mol. The van der Waals surface area contributed by atoms with Gasteiger partial charge in [0.25, 0.3) is 0 Å². The summed E-state index contributed by atoms with van der Waals surface area (Å²) in [4.78, 5) is 10.0. The lowest BCUT2D eigenvalue weighted by Gasteiger charge is -2.03. The van der Waals surface area contributed by atoms with Gasteiger partial charge < -0.3 is 9.84 Å². The molecule has 0 bridgehead atoms. The third-order valence-corrected chi connectivity index (χ3v) is 5.03. The zero-order valence-electron chi connectivity index (χ0n) is 19.2. The van der Waals surface area contributed by atoms with Crippen molar-refractivity contribution in [2.24, 2.45) is 5.92 Å². The first-order valence-electron chi connectivity index (χ1n) is 11.8. The van der Waals surface area contributed by atoms with Gasteiger partial charge in [-0.1, -0.05) is 122 Å². The van der Waals surface area contributed by atoms with E-state index in [-0.39, 0.29) is 0 Å². The van der Waals surface area contributed by atoms with Crippen LogP contribution in [0.2, 0.25) is 0 Å². The summed E-state index contributed by atoms with van der Waals surface area (Å²) in [5.74, 6) is -1.51. The predicted molar refractivity (Wildman–Crippen MR) is 127 cm³/mol. The number of carboxylic acid groups (broad SMARTS) is 1. The highest BCUT2D eigenvalue weighted by Gasteiger charge is 2.05. The number of carbonyl (C=O) groups is 1. The Morgan fingerprint density at radius 1 is 0.724 bits per heavy atom. The second-order valence-electron chi connectivity index (χ2n) is 7.68. The molecule has 0 aliphatic carbocycles. The number of hydrogen-bond acceptors (Lipinski definition) is 2. The Balaban J connectivity index is 0. The van der Waals surface area contributed by atoms with E-state index in [1.54, 1.807) is 6.26 Å². The van der Waals surface area contributed by atoms with Crippen molar-refractivity contribution in [1.29, 1.82) is 0 Å². The molecule has 0 spiro atoms. The van der Waals surface area contributed by atoms with Gasteiger partial charge in [-0.05, 0) is 6.42 Å². The van der Waals surface area contributed by atoms with Gasteiger partial charge in [0.1, 0.15) is 0 Å². The molecule has 3 nitrogen and oxygen atoms in total. The molecule has 29 heavy (non-hydrogen) atoms. The first-order chi connectivity index (χ1) is 14.1. The standard InChI is InChI=1S/C20H40O.C6H8O2/c1-3-5-6-7-8-9-10-11-12-13-14-15-16-17-18-19-20-21-4-2;1-3-5(4-2)6(7)8/h4H,2-3,5-20H2,1H3;3-5H,1-2H2,(H,7,8). The second kappa shape index (κ2) is 26.5. The van der Waals surface area contributed by atoms with E-state index in [0.29, 0.717) is 0 Å². The summed E-state index contributed by atoms with van der Waals surface area (Å²) in [6.45, 7) is 13.3. The van der Waals surface area contributed by atoms with Crippen molar-refractivity contribution in [3.8, 4) is 0 Å². The van der Waals surface area contributed by atoms with Crippen LogP contribution in [0.15, 0.2) is 38.2 Å². The first-order valence-corrected chi connectivity index (χ1v) is 11.8. The molecule has 0 aromatic heterocycles. The van der Waals surface area contributed by atoms with Crippen LogP contribution in [0.3, 0.4) is 0 Å². The average Bonchev–Trinajstić information content (AvgIpc) is 2.71. The van der Waals surface area contributed by atoms with Gasteiger partial charge in [-0.25, -0.2) is 0 Å². The van der Waals surface area contributed by atoms with Crippen molar-refractivity contribution in [2.45, 2.75) is 110 Å². The lowest BCUT2D eigenvalue weighted by molar-refractivity contribution is -0.138. The van der Waals surface area contributed by atoms with Crippen LogP contribution < -0.4 is 0 Å². The number of aliphatic carboxylic acids is 1. The molecule has 0 unspecified atom stereocenters. The van der Waals surface area contributed by atoms with Crippen molar-refractivity contribution in [1.82, 2.24) is 0 Å². The number of carboxylic acids is 1. The molecule has 0 aromatic carbocycles. The van der Waals surface area contributed by atoms with E-state index >= 15 is 0 Å². The summed E-state index contributed by atoms with van der Waals surface area (Å²) in [6, 6.07) is 0. The minimum absolute atomic E-state index is 0.602. The fourth-order valence-electron chi connectivity index (χ4n) is 3.11. The summed E-state index contributed by atoms with van der Waals surface area (Å²) in [5, 5.41) is 8.23. The fourth-order valence-corrected chi connectivity index (χ4v) is 3.11. The van der Waals surface area contributed by atoms with E-state index < -0.39 is 11.9 Å². The van der Waals surface area contributed by atoms with Gasteiger partial charge in [-0.3, -0.25) is 4.79 Å². The Kier molecular flexibility index (Phi) is 27.1. The fraction of sp³-hybridized carbons (Fsp3) is 0.731. The van der Waals surface area contributed by atoms with Gasteiger partial charge in [0.15, 0.2) is 0 Å². The molecule has 0 amide bonds. The molecule has 170 valence electrons. The summed E-state index contributed by atoms with van der Waals surface area (Å²) in [5.41, 5.74) is 0. The highest BCUT2D eigenvalue weighted by Crippen LogP contribution is 2.13. The van der Waals surface area contributed by atoms with E-state index in [1.807, 2.05) is 0 Å². The average molecular weight is 409 g/mol. The summed E-state index contributed by atoms with van der Waals surface area (Å²) in [7, 11) is 0. The molecule has 0 atom stereocenters. The summed E-state index contributed by atoms with van der Waals surface area (Å²) in [6.07, 6.45) is 26.9. The third kappa shape index (κ3) is 26.5. The number of ether oxygens (including phenoxy) is 1. The van der Waals surface area contributed by atoms with Crippen LogP contribution >= 0.6 is 0 Å². The van der Waals surface area contributed by atoms with Crippen molar-refractivity contribution in [3.63, 3.8) is 0 Å². The Labute approximate surface area is 181 Å². The van der Waals surface area contributed by atoms with E-state index in [4.69, 9.17) is 9.84 Å². The maximum Gasteiger partial charge on any atom is 0.314 e. The highest BCUT2D eigenvalue weighted by molar-refractivity contribution is 5.73. The van der Waals surface area contributed by atoms with Crippen LogP contribution in [-0.4, -0.2) is 17.7 Å². The van der Waals surface area contributed by atoms with Crippen molar-refractivity contribution >= 4 is 5.97 Å². The third-order valence-electron chi connectivity index (χ3n) is 5.03. The Morgan fingerprint density at radius 2 is 1.07 bits per heavy atom. The number of hydrogen-bond donors (Lipinski definition) is 1. The van der Waals surface area contributed by atoms with E-state index in [2.05, 4.69) is 26.7 Å². The maximum atomic E-state index is 10.0. The second-order valence-corrected chi connectivity index (χ2v) is 7.68. The van der Waals surface area contributed by atoms with Gasteiger partial charge >= 0.3 is 5.97 Å². The quantitative estimate of drug-likeness (QED) is 0.118. The highest BCUT2D eigenvalue weighted by atomic mass is 16.5. The molecule has 0 aliphatic rings. The molecule has 0 saturated heterocycles. The van der Waals surface area contributed by atoms with Gasteiger partial charge in [0.2, 0.25) is 0 Å². The maximum absolute atomic E-state index is 10.0. The van der Waals surface area contributed by atoms with Gasteiger partial charge in [-0.15, -0.1) is 13.2 Å². The first kappa shape index (κ1) is 29.7. The van der Waals surface area contributed by atoms with Crippen LogP contribution in [0.4, 0.5) is 0 Å². The molecule has 0 heterocycles. The predicted octanol–water partition coefficient (Wildman–Crippen LogP) is 8.47. The van der Waals surface area contributed by atoms with E-state index in [9.17, 15) is 4.79 Å². The smallest absolute Gasteiger partial charge is 0.314 e. The monoisotopic (exact) mass is 408 g/mol. The summed E-state index contributed by atoms with van der Waals surface area (Å²) < 4.78 is 5.12. The zero-order chi connectivity index (χ0) is 22.0. The topological polar surface area (TPSA) is 46.5 Å². The van der Waals surface area contributed by atoms with E-state index in [1.165, 1.54) is 115 Å². The number of unbranched alkanes of at least 4 members (excludes halogenated alkanes) is 15. The molecule has 0 rings (SSSR count). The van der Waals surface area contributed by atoms with E-state index in [0.717, 1.165) is 6.61 Å². The van der Waals surface area contributed by atoms with Crippen molar-refractivity contribution in [3.05, 3.63) is 38.2 Å². The molecule has 0 saturated carbocycles. The Bertz CT molecular complexity index is 368. The molecular formula is C26H48O3. The lowest BCUT2D eigenvalue weighted by Crippen LogP contribution is -2.06. The molecule has 3 heteroatoms. The van der Waals surface area contributed by atoms with Crippen LogP contribution in [0.1, 0.15) is 110 Å². The Hall–Kier alpha value is -1.51. The van der Waals surface area contributed by atoms with Gasteiger partial charge in [0.05, 0.1) is 18.8 Å². The Morgan fingerprint density at radius 3 is 1.31 bits per heavy atom. The van der Waals surface area contributed by atoms with Crippen LogP contribution in [0.5, 0.6) is 0 Å². The summed E-state index contributed by atoms with van der Waals surface area (Å²) >= 11 is 0. The van der Waals surface area contributed by atoms with Gasteiger partial charge in [-0.2, -0.15) is 0 Å². The zero-order valence-corrected chi connectivity index (χ0v) is 19.2. The molecule has 0 fully saturated rings. The molecule has 0 aromatic rings. The van der Waals surface area contributed by atoms with Gasteiger partial charge in [0, 0.05) is 0 Å². The minimum atomic E-state index is -0.907. The van der Waals surface area contributed by atoms with Crippen molar-refractivity contribution in [2.75, 3.05) is 6.61 Å². The minimum Gasteiger partial charge on any atom is -0.502 e. The molecule has 0 radical (unpaired) electrons. The van der Waals surface area contributed by atoms with Crippen molar-refractivity contribution < 1.29 is 14.6 Å².